The minimum Gasteiger partial charge on any atom is -0.288 e. The lowest BCUT2D eigenvalue weighted by Gasteiger charge is -2.02. The van der Waals surface area contributed by atoms with E-state index >= 15 is 0 Å². The van der Waals surface area contributed by atoms with Gasteiger partial charge in [-0.05, 0) is 25.1 Å². The molecule has 0 aliphatic heterocycles. The topological polar surface area (TPSA) is 40.9 Å². The molecule has 2 rings (SSSR count). The van der Waals surface area contributed by atoms with Gasteiger partial charge in [0.1, 0.15) is 17.5 Å². The van der Waals surface area contributed by atoms with Gasteiger partial charge in [-0.1, -0.05) is 42.0 Å². The Hall–Kier alpha value is -2.73. The Morgan fingerprint density at radius 3 is 2.60 bits per heavy atom. The van der Waals surface area contributed by atoms with Crippen LogP contribution in [0.1, 0.15) is 21.5 Å². The lowest BCUT2D eigenvalue weighted by atomic mass is 10.0. The fourth-order valence-corrected chi connectivity index (χ4v) is 1.84. The number of rotatable bonds is 3. The molecule has 2 aromatic rings. The van der Waals surface area contributed by atoms with Crippen LogP contribution in [0.3, 0.4) is 0 Å². The molecular formula is C17H12FNO. The predicted octanol–water partition coefficient (Wildman–Crippen LogP) is 3.92. The zero-order valence-corrected chi connectivity index (χ0v) is 10.9. The highest BCUT2D eigenvalue weighted by Crippen LogP contribution is 2.15. The maximum atomic E-state index is 13.6. The summed E-state index contributed by atoms with van der Waals surface area (Å²) in [5.41, 5.74) is 1.50. The van der Waals surface area contributed by atoms with Gasteiger partial charge in [-0.15, -0.1) is 0 Å². The molecule has 0 bridgehead atoms. The molecule has 2 nitrogen and oxygen atoms in total. The van der Waals surface area contributed by atoms with E-state index < -0.39 is 11.6 Å². The lowest BCUT2D eigenvalue weighted by Crippen LogP contribution is -2.02. The molecule has 3 heteroatoms. The fourth-order valence-electron chi connectivity index (χ4n) is 1.84. The van der Waals surface area contributed by atoms with E-state index in [9.17, 15) is 9.18 Å². The number of benzene rings is 2. The van der Waals surface area contributed by atoms with Crippen LogP contribution in [0, 0.1) is 24.1 Å². The highest BCUT2D eigenvalue weighted by molar-refractivity contribution is 6.14. The van der Waals surface area contributed by atoms with Crippen LogP contribution in [0.15, 0.2) is 54.1 Å². The van der Waals surface area contributed by atoms with Crippen molar-refractivity contribution >= 4 is 11.9 Å². The molecule has 0 unspecified atom stereocenters. The van der Waals surface area contributed by atoms with Gasteiger partial charge in [0, 0.05) is 11.1 Å². The van der Waals surface area contributed by atoms with Gasteiger partial charge in [0.05, 0.1) is 0 Å². The average Bonchev–Trinajstić information content (AvgIpc) is 2.46. The first-order valence-corrected chi connectivity index (χ1v) is 6.09. The van der Waals surface area contributed by atoms with Crippen molar-refractivity contribution in [1.82, 2.24) is 0 Å². The van der Waals surface area contributed by atoms with Gasteiger partial charge < -0.3 is 0 Å². The number of Topliss-reactive ketones (excluding diaryl/α,β-unsaturated/α-hetero) is 1. The number of allylic oxidation sites excluding steroid dienone is 1. The Labute approximate surface area is 116 Å². The summed E-state index contributed by atoms with van der Waals surface area (Å²) in [5.74, 6) is -0.864. The van der Waals surface area contributed by atoms with Crippen LogP contribution in [0.5, 0.6) is 0 Å². The number of nitrogens with zero attached hydrogens (tertiary/aromatic N) is 1. The van der Waals surface area contributed by atoms with E-state index in [0.717, 1.165) is 5.56 Å². The Morgan fingerprint density at radius 2 is 1.95 bits per heavy atom. The van der Waals surface area contributed by atoms with E-state index in [0.29, 0.717) is 5.56 Å². The van der Waals surface area contributed by atoms with E-state index in [1.54, 1.807) is 30.3 Å². The number of halogens is 1. The molecule has 0 atom stereocenters. The van der Waals surface area contributed by atoms with Crippen LogP contribution in [-0.2, 0) is 0 Å². The molecule has 0 radical (unpaired) electrons. The molecule has 0 aliphatic rings. The summed E-state index contributed by atoms with van der Waals surface area (Å²) >= 11 is 0. The number of hydrogen-bond acceptors (Lipinski definition) is 2. The summed E-state index contributed by atoms with van der Waals surface area (Å²) in [6.07, 6.45) is 1.28. The van der Waals surface area contributed by atoms with Crippen molar-refractivity contribution in [3.8, 4) is 6.07 Å². The number of aryl methyl sites for hydroxylation is 1. The minimum atomic E-state index is -0.461. The van der Waals surface area contributed by atoms with Gasteiger partial charge in [0.15, 0.2) is 0 Å². The first-order chi connectivity index (χ1) is 9.61. The summed E-state index contributed by atoms with van der Waals surface area (Å²) < 4.78 is 13.6. The SMILES string of the molecule is Cc1cccc(C(=O)/C(C#N)=C/c2ccccc2F)c1. The van der Waals surface area contributed by atoms with Crippen LogP contribution in [-0.4, -0.2) is 5.78 Å². The van der Waals surface area contributed by atoms with Gasteiger partial charge in [-0.3, -0.25) is 4.79 Å². The predicted molar refractivity (Wildman–Crippen MR) is 75.5 cm³/mol. The number of hydrogen-bond donors (Lipinski definition) is 0. The highest BCUT2D eigenvalue weighted by atomic mass is 19.1. The average molecular weight is 265 g/mol. The van der Waals surface area contributed by atoms with Gasteiger partial charge in [0.2, 0.25) is 5.78 Å². The second-order valence-electron chi connectivity index (χ2n) is 4.39. The molecule has 0 spiro atoms. The van der Waals surface area contributed by atoms with E-state index in [4.69, 9.17) is 5.26 Å². The molecule has 20 heavy (non-hydrogen) atoms. The normalized spacial score (nSPS) is 10.9. The zero-order valence-electron chi connectivity index (χ0n) is 10.9. The summed E-state index contributed by atoms with van der Waals surface area (Å²) in [6, 6.07) is 14.8. The Morgan fingerprint density at radius 1 is 1.20 bits per heavy atom. The largest absolute Gasteiger partial charge is 0.288 e. The Kier molecular flexibility index (Phi) is 4.07. The first kappa shape index (κ1) is 13.7. The molecular weight excluding hydrogens is 253 g/mol. The highest BCUT2D eigenvalue weighted by Gasteiger charge is 2.13. The maximum Gasteiger partial charge on any atom is 0.203 e. The lowest BCUT2D eigenvalue weighted by molar-refractivity contribution is 0.104. The molecule has 0 saturated heterocycles. The zero-order chi connectivity index (χ0) is 14.5. The Bertz CT molecular complexity index is 726. The second-order valence-corrected chi connectivity index (χ2v) is 4.39. The summed E-state index contributed by atoms with van der Waals surface area (Å²) in [6.45, 7) is 1.86. The Balaban J connectivity index is 2.41. The van der Waals surface area contributed by atoms with Crippen molar-refractivity contribution in [3.05, 3.63) is 76.6 Å². The van der Waals surface area contributed by atoms with E-state index in [-0.39, 0.29) is 11.1 Å². The van der Waals surface area contributed by atoms with E-state index in [2.05, 4.69) is 0 Å². The molecule has 0 amide bonds. The third-order valence-corrected chi connectivity index (χ3v) is 2.85. The molecule has 0 fully saturated rings. The molecule has 0 aromatic heterocycles. The minimum absolute atomic E-state index is 0.0827. The number of carbonyl (C=O) groups excluding carboxylic acids is 1. The third kappa shape index (κ3) is 2.99. The smallest absolute Gasteiger partial charge is 0.203 e. The third-order valence-electron chi connectivity index (χ3n) is 2.85. The molecule has 98 valence electrons. The monoisotopic (exact) mass is 265 g/mol. The van der Waals surface area contributed by atoms with E-state index in [1.165, 1.54) is 18.2 Å². The standard InChI is InChI=1S/C17H12FNO/c1-12-5-4-7-14(9-12)17(20)15(11-19)10-13-6-2-3-8-16(13)18/h2-10H,1H3/b15-10+. The fraction of sp³-hybridized carbons (Fsp3) is 0.0588. The van der Waals surface area contributed by atoms with Crippen molar-refractivity contribution < 1.29 is 9.18 Å². The summed E-state index contributed by atoms with van der Waals surface area (Å²) in [7, 11) is 0. The molecule has 0 aliphatic carbocycles. The van der Waals surface area contributed by atoms with Gasteiger partial charge in [-0.2, -0.15) is 5.26 Å². The molecule has 2 aromatic carbocycles. The maximum absolute atomic E-state index is 13.6. The van der Waals surface area contributed by atoms with Crippen molar-refractivity contribution in [2.75, 3.05) is 0 Å². The van der Waals surface area contributed by atoms with Crippen LogP contribution in [0.25, 0.3) is 6.08 Å². The molecule has 0 saturated carbocycles. The van der Waals surface area contributed by atoms with Crippen LogP contribution in [0.2, 0.25) is 0 Å². The first-order valence-electron chi connectivity index (χ1n) is 6.09. The van der Waals surface area contributed by atoms with E-state index in [1.807, 2.05) is 19.1 Å². The van der Waals surface area contributed by atoms with Crippen LogP contribution in [0.4, 0.5) is 4.39 Å². The van der Waals surface area contributed by atoms with Crippen molar-refractivity contribution in [1.29, 1.82) is 5.26 Å². The number of nitriles is 1. The van der Waals surface area contributed by atoms with Gasteiger partial charge in [-0.25, -0.2) is 4.39 Å². The van der Waals surface area contributed by atoms with Crippen molar-refractivity contribution in [2.45, 2.75) is 6.92 Å². The molecule has 0 heterocycles. The summed E-state index contributed by atoms with van der Waals surface area (Å²) in [5, 5.41) is 9.12. The number of ketones is 1. The molecule has 0 N–H and O–H groups in total. The van der Waals surface area contributed by atoms with Crippen molar-refractivity contribution in [3.63, 3.8) is 0 Å². The van der Waals surface area contributed by atoms with Crippen molar-refractivity contribution in [2.24, 2.45) is 0 Å². The number of carbonyl (C=O) groups is 1. The van der Waals surface area contributed by atoms with Crippen LogP contribution >= 0.6 is 0 Å². The van der Waals surface area contributed by atoms with Gasteiger partial charge in [0.25, 0.3) is 0 Å². The van der Waals surface area contributed by atoms with Gasteiger partial charge >= 0.3 is 0 Å². The van der Waals surface area contributed by atoms with Crippen LogP contribution < -0.4 is 0 Å². The second kappa shape index (κ2) is 5.94. The quantitative estimate of drug-likeness (QED) is 0.479. The summed E-state index contributed by atoms with van der Waals surface area (Å²) in [4.78, 5) is 12.2.